The Morgan fingerprint density at radius 1 is 1.17 bits per heavy atom. The highest BCUT2D eigenvalue weighted by Crippen LogP contribution is 2.11. The number of nitrogens with zero attached hydrogens (tertiary/aromatic N) is 2. The summed E-state index contributed by atoms with van der Waals surface area (Å²) >= 11 is 0. The summed E-state index contributed by atoms with van der Waals surface area (Å²) in [6, 6.07) is 7.05. The molecule has 0 aliphatic carbocycles. The molecule has 1 aromatic rings. The fraction of sp³-hybridized carbons (Fsp3) is 0.579. The number of ether oxygens (including phenoxy) is 2. The van der Waals surface area contributed by atoms with Gasteiger partial charge in [0, 0.05) is 57.9 Å². The van der Waals surface area contributed by atoms with E-state index >= 15 is 0 Å². The van der Waals surface area contributed by atoms with Crippen LogP contribution in [0.3, 0.4) is 0 Å². The van der Waals surface area contributed by atoms with Crippen LogP contribution in [0.1, 0.15) is 10.4 Å². The Labute approximate surface area is 184 Å². The minimum Gasteiger partial charge on any atom is -0.497 e. The zero-order chi connectivity index (χ0) is 19.1. The molecule has 2 aliphatic heterocycles. The van der Waals surface area contributed by atoms with Gasteiger partial charge in [-0.2, -0.15) is 0 Å². The van der Waals surface area contributed by atoms with Gasteiger partial charge in [0.1, 0.15) is 11.9 Å². The normalized spacial score (nSPS) is 19.5. The lowest BCUT2D eigenvalue weighted by Gasteiger charge is -2.37. The summed E-state index contributed by atoms with van der Waals surface area (Å²) in [5.41, 5.74) is 0.618. The van der Waals surface area contributed by atoms with Gasteiger partial charge in [-0.05, 0) is 24.3 Å². The minimum atomic E-state index is -0.353. The first-order chi connectivity index (χ1) is 13.2. The number of rotatable bonds is 6. The highest BCUT2D eigenvalue weighted by atomic mass is 35.5. The Balaban J connectivity index is 0.00000210. The van der Waals surface area contributed by atoms with Crippen molar-refractivity contribution in [3.05, 3.63) is 29.8 Å². The van der Waals surface area contributed by atoms with Crippen LogP contribution in [0.2, 0.25) is 0 Å². The van der Waals surface area contributed by atoms with Crippen molar-refractivity contribution >= 4 is 36.6 Å². The highest BCUT2D eigenvalue weighted by molar-refractivity contribution is 5.94. The summed E-state index contributed by atoms with van der Waals surface area (Å²) in [5, 5.41) is 6.13. The number of nitrogens with one attached hydrogen (secondary N) is 2. The molecule has 0 spiro atoms. The number of methoxy groups -OCH3 is 1. The third kappa shape index (κ3) is 7.31. The van der Waals surface area contributed by atoms with E-state index in [4.69, 9.17) is 9.47 Å². The number of carbonyl (C=O) groups excluding carboxylic acids is 2. The molecule has 2 aliphatic rings. The van der Waals surface area contributed by atoms with Crippen molar-refractivity contribution in [2.45, 2.75) is 6.10 Å². The summed E-state index contributed by atoms with van der Waals surface area (Å²) in [6.07, 6.45) is -0.353. The van der Waals surface area contributed by atoms with Gasteiger partial charge in [0.15, 0.2) is 0 Å². The monoisotopic (exact) mass is 448 g/mol. The second-order valence-corrected chi connectivity index (χ2v) is 6.71. The zero-order valence-corrected chi connectivity index (χ0v) is 18.2. The van der Waals surface area contributed by atoms with Crippen LogP contribution in [0.4, 0.5) is 0 Å². The Hall–Kier alpha value is -1.58. The Morgan fingerprint density at radius 2 is 1.86 bits per heavy atom. The molecule has 3 rings (SSSR count). The van der Waals surface area contributed by atoms with Crippen LogP contribution in [-0.2, 0) is 9.53 Å². The van der Waals surface area contributed by atoms with E-state index in [9.17, 15) is 9.59 Å². The van der Waals surface area contributed by atoms with E-state index in [-0.39, 0.29) is 42.7 Å². The molecular formula is C19H30Cl2N4O4. The molecule has 2 amide bonds. The number of piperazine rings is 1. The van der Waals surface area contributed by atoms with Gasteiger partial charge in [-0.3, -0.25) is 14.5 Å². The van der Waals surface area contributed by atoms with Gasteiger partial charge >= 0.3 is 0 Å². The molecule has 0 radical (unpaired) electrons. The summed E-state index contributed by atoms with van der Waals surface area (Å²) < 4.78 is 10.6. The molecule has 2 fully saturated rings. The number of hydrogen-bond donors (Lipinski definition) is 2. The zero-order valence-electron chi connectivity index (χ0n) is 16.6. The first kappa shape index (κ1) is 25.5. The molecule has 2 heterocycles. The van der Waals surface area contributed by atoms with E-state index in [0.29, 0.717) is 38.3 Å². The van der Waals surface area contributed by atoms with Gasteiger partial charge in [0.2, 0.25) is 0 Å². The molecule has 2 N–H and O–H groups in total. The van der Waals surface area contributed by atoms with Crippen LogP contribution in [0.25, 0.3) is 0 Å². The molecule has 29 heavy (non-hydrogen) atoms. The standard InChI is InChI=1S/C19H28N4O4.2ClH/c1-26-16-4-2-15(3-5-16)18(24)21-6-8-22-9-11-23(12-10-22)19(25)17-14-20-7-13-27-17;;/h2-5,17,20H,6-14H2,1H3,(H,21,24);2*1H. The second kappa shape index (κ2) is 12.9. The fourth-order valence-corrected chi connectivity index (χ4v) is 3.29. The van der Waals surface area contributed by atoms with Crippen molar-refractivity contribution in [2.75, 3.05) is 66.1 Å². The number of hydrogen-bond acceptors (Lipinski definition) is 6. The van der Waals surface area contributed by atoms with Gasteiger partial charge in [-0.1, -0.05) is 0 Å². The van der Waals surface area contributed by atoms with Crippen molar-refractivity contribution in [1.82, 2.24) is 20.4 Å². The van der Waals surface area contributed by atoms with E-state index in [1.54, 1.807) is 31.4 Å². The quantitative estimate of drug-likeness (QED) is 0.655. The van der Waals surface area contributed by atoms with E-state index in [0.717, 1.165) is 31.9 Å². The Bertz CT molecular complexity index is 634. The van der Waals surface area contributed by atoms with Crippen molar-refractivity contribution in [3.63, 3.8) is 0 Å². The van der Waals surface area contributed by atoms with Crippen LogP contribution in [0, 0.1) is 0 Å². The number of halogens is 2. The molecule has 164 valence electrons. The van der Waals surface area contributed by atoms with Gasteiger partial charge in [0.05, 0.1) is 13.7 Å². The van der Waals surface area contributed by atoms with Crippen LogP contribution in [-0.4, -0.2) is 93.8 Å². The van der Waals surface area contributed by atoms with E-state index < -0.39 is 0 Å². The van der Waals surface area contributed by atoms with E-state index in [1.165, 1.54) is 0 Å². The maximum atomic E-state index is 12.4. The number of benzene rings is 1. The third-order valence-corrected chi connectivity index (χ3v) is 4.95. The first-order valence-corrected chi connectivity index (χ1v) is 9.43. The van der Waals surface area contributed by atoms with Gasteiger partial charge in [-0.25, -0.2) is 0 Å². The van der Waals surface area contributed by atoms with Gasteiger partial charge in [-0.15, -0.1) is 24.8 Å². The minimum absolute atomic E-state index is 0. The van der Waals surface area contributed by atoms with Crippen LogP contribution in [0.15, 0.2) is 24.3 Å². The lowest BCUT2D eigenvalue weighted by molar-refractivity contribution is -0.146. The van der Waals surface area contributed by atoms with Crippen molar-refractivity contribution in [1.29, 1.82) is 0 Å². The average Bonchev–Trinajstić information content (AvgIpc) is 2.74. The van der Waals surface area contributed by atoms with E-state index in [1.807, 2.05) is 4.90 Å². The predicted molar refractivity (Wildman–Crippen MR) is 115 cm³/mol. The molecule has 8 nitrogen and oxygen atoms in total. The smallest absolute Gasteiger partial charge is 0.253 e. The summed E-state index contributed by atoms with van der Waals surface area (Å²) in [6.45, 7) is 6.35. The van der Waals surface area contributed by atoms with Crippen molar-refractivity contribution < 1.29 is 19.1 Å². The van der Waals surface area contributed by atoms with Crippen LogP contribution in [0.5, 0.6) is 5.75 Å². The molecule has 0 saturated carbocycles. The first-order valence-electron chi connectivity index (χ1n) is 9.43. The lowest BCUT2D eigenvalue weighted by atomic mass is 10.2. The number of morpholine rings is 1. The topological polar surface area (TPSA) is 83.1 Å². The maximum absolute atomic E-state index is 12.4. The number of amides is 2. The van der Waals surface area contributed by atoms with Gasteiger partial charge < -0.3 is 25.0 Å². The summed E-state index contributed by atoms with van der Waals surface area (Å²) in [7, 11) is 1.60. The average molecular weight is 449 g/mol. The van der Waals surface area contributed by atoms with E-state index in [2.05, 4.69) is 15.5 Å². The molecule has 0 bridgehead atoms. The molecule has 1 atom stereocenters. The van der Waals surface area contributed by atoms with Crippen LogP contribution >= 0.6 is 24.8 Å². The maximum Gasteiger partial charge on any atom is 0.253 e. The largest absolute Gasteiger partial charge is 0.497 e. The third-order valence-electron chi connectivity index (χ3n) is 4.95. The van der Waals surface area contributed by atoms with Crippen LogP contribution < -0.4 is 15.4 Å². The van der Waals surface area contributed by atoms with Crippen molar-refractivity contribution in [2.24, 2.45) is 0 Å². The Kier molecular flexibility index (Phi) is 11.3. The molecule has 2 saturated heterocycles. The summed E-state index contributed by atoms with van der Waals surface area (Å²) in [5.74, 6) is 0.719. The summed E-state index contributed by atoms with van der Waals surface area (Å²) in [4.78, 5) is 28.7. The molecule has 0 aromatic heterocycles. The second-order valence-electron chi connectivity index (χ2n) is 6.71. The number of carbonyl (C=O) groups is 2. The Morgan fingerprint density at radius 3 is 2.45 bits per heavy atom. The molecule has 1 aromatic carbocycles. The fourth-order valence-electron chi connectivity index (χ4n) is 3.29. The highest BCUT2D eigenvalue weighted by Gasteiger charge is 2.29. The lowest BCUT2D eigenvalue weighted by Crippen LogP contribution is -2.55. The SMILES string of the molecule is COc1ccc(C(=O)NCCN2CCN(C(=O)C3CNCCO3)CC2)cc1.Cl.Cl. The molecule has 10 heteroatoms. The molecular weight excluding hydrogens is 419 g/mol. The van der Waals surface area contributed by atoms with Gasteiger partial charge in [0.25, 0.3) is 11.8 Å². The van der Waals surface area contributed by atoms with Crippen molar-refractivity contribution in [3.8, 4) is 5.75 Å². The molecule has 1 unspecified atom stereocenters. The predicted octanol–water partition coefficient (Wildman–Crippen LogP) is 0.401.